The van der Waals surface area contributed by atoms with E-state index in [-0.39, 0.29) is 0 Å². The molecule has 210 valence electrons. The summed E-state index contributed by atoms with van der Waals surface area (Å²) in [7, 11) is 6.88. The Kier molecular flexibility index (Phi) is 13.2. The van der Waals surface area contributed by atoms with Crippen LogP contribution in [0.2, 0.25) is 37.9 Å². The van der Waals surface area contributed by atoms with Crippen molar-refractivity contribution in [1.29, 1.82) is 0 Å². The smallest absolute Gasteiger partial charge is 0.223 e. The van der Waals surface area contributed by atoms with E-state index in [0.717, 1.165) is 73.9 Å². The van der Waals surface area contributed by atoms with Crippen LogP contribution in [-0.2, 0) is 0 Å². The van der Waals surface area contributed by atoms with Gasteiger partial charge in [0.15, 0.2) is 0 Å². The molecule has 3 nitrogen and oxygen atoms in total. The molecule has 3 aliphatic rings. The zero-order chi connectivity index (χ0) is 28.3. The Morgan fingerprint density at radius 2 is 0.806 bits per heavy atom. The zero-order valence-electron chi connectivity index (χ0n) is 27.9. The molecular formula is C30H66B3N3. The van der Waals surface area contributed by atoms with Gasteiger partial charge in [-0.25, -0.2) is 0 Å². The summed E-state index contributed by atoms with van der Waals surface area (Å²) in [5, 5.41) is 0. The fourth-order valence-electron chi connectivity index (χ4n) is 7.50. The second-order valence-electron chi connectivity index (χ2n) is 15.0. The zero-order valence-corrected chi connectivity index (χ0v) is 27.9. The third kappa shape index (κ3) is 8.29. The molecule has 0 aromatic carbocycles. The molecule has 3 saturated heterocycles. The monoisotopic (exact) mass is 502 g/mol. The maximum Gasteiger partial charge on any atom is 0.223 e. The van der Waals surface area contributed by atoms with Gasteiger partial charge >= 0.3 is 0 Å². The summed E-state index contributed by atoms with van der Waals surface area (Å²) in [5.74, 6) is 5.21. The minimum atomic E-state index is 0.500. The van der Waals surface area contributed by atoms with Crippen molar-refractivity contribution < 1.29 is 0 Å². The van der Waals surface area contributed by atoms with Crippen LogP contribution in [0.5, 0.6) is 0 Å². The minimum Gasteiger partial charge on any atom is -0.342 e. The van der Waals surface area contributed by atoms with Crippen LogP contribution in [0, 0.1) is 23.2 Å². The third-order valence-corrected chi connectivity index (χ3v) is 11.2. The lowest BCUT2D eigenvalue weighted by molar-refractivity contribution is 0.322. The lowest BCUT2D eigenvalue weighted by Crippen LogP contribution is -2.35. The van der Waals surface area contributed by atoms with Gasteiger partial charge in [0.25, 0.3) is 0 Å². The fraction of sp³-hybridized carbons (Fsp3) is 1.00. The molecule has 6 heteroatoms. The van der Waals surface area contributed by atoms with E-state index in [4.69, 9.17) is 0 Å². The lowest BCUT2D eigenvalue weighted by Gasteiger charge is -2.26. The highest BCUT2D eigenvalue weighted by Gasteiger charge is 2.48. The summed E-state index contributed by atoms with van der Waals surface area (Å²) < 4.78 is 0. The maximum atomic E-state index is 2.59. The molecule has 0 saturated carbocycles. The van der Waals surface area contributed by atoms with Crippen molar-refractivity contribution in [2.75, 3.05) is 21.1 Å². The standard InChI is InChI=1S/C15H32B2N2.C10H22BN.C5H12/c1-10-12(3)18(7)16(5)14(10)9-15-11(2)13(4)19(8)17(15)6;1-6-7-10-8(2)9(3)12(5)11(10)4;1-5(2,3)4/h10-15H,9H2,1-8H3;8-10H,6-7H2,1-5H3;1-4H3. The van der Waals surface area contributed by atoms with Crippen molar-refractivity contribution in [3.63, 3.8) is 0 Å². The maximum absolute atomic E-state index is 2.59. The van der Waals surface area contributed by atoms with Crippen LogP contribution in [0.4, 0.5) is 0 Å². The first-order valence-corrected chi connectivity index (χ1v) is 15.5. The summed E-state index contributed by atoms with van der Waals surface area (Å²) >= 11 is 0. The van der Waals surface area contributed by atoms with Crippen LogP contribution in [0.25, 0.3) is 0 Å². The van der Waals surface area contributed by atoms with Gasteiger partial charge in [0.2, 0.25) is 20.5 Å². The number of hydrogen-bond donors (Lipinski definition) is 0. The van der Waals surface area contributed by atoms with E-state index in [2.05, 4.69) is 132 Å². The van der Waals surface area contributed by atoms with Crippen molar-refractivity contribution >= 4 is 20.5 Å². The highest BCUT2D eigenvalue weighted by Crippen LogP contribution is 2.48. The van der Waals surface area contributed by atoms with E-state index >= 15 is 0 Å². The first-order valence-electron chi connectivity index (χ1n) is 15.5. The molecule has 0 aliphatic carbocycles. The number of nitrogens with zero attached hydrogens (tertiary/aromatic N) is 3. The van der Waals surface area contributed by atoms with E-state index in [1.165, 1.54) is 19.3 Å². The van der Waals surface area contributed by atoms with Gasteiger partial charge in [-0.1, -0.05) is 116 Å². The normalized spacial score (nSPS) is 38.2. The quantitative estimate of drug-likeness (QED) is 0.361. The van der Waals surface area contributed by atoms with E-state index < -0.39 is 0 Å². The van der Waals surface area contributed by atoms with Crippen LogP contribution in [0.3, 0.4) is 0 Å². The highest BCUT2D eigenvalue weighted by atomic mass is 15.1. The molecule has 0 radical (unpaired) electrons. The first kappa shape index (κ1) is 34.1. The Labute approximate surface area is 230 Å². The summed E-state index contributed by atoms with van der Waals surface area (Å²) in [6.45, 7) is 35.1. The summed E-state index contributed by atoms with van der Waals surface area (Å²) in [4.78, 5) is 7.71. The second-order valence-corrected chi connectivity index (χ2v) is 15.0. The topological polar surface area (TPSA) is 9.72 Å². The van der Waals surface area contributed by atoms with E-state index in [9.17, 15) is 0 Å². The van der Waals surface area contributed by atoms with Crippen LogP contribution < -0.4 is 0 Å². The molecule has 0 aromatic heterocycles. The van der Waals surface area contributed by atoms with Crippen molar-refractivity contribution in [1.82, 2.24) is 14.4 Å². The van der Waals surface area contributed by atoms with Crippen LogP contribution >= 0.6 is 0 Å². The average Bonchev–Trinajstić information content (AvgIpc) is 3.18. The van der Waals surface area contributed by atoms with Crippen molar-refractivity contribution in [2.45, 2.75) is 151 Å². The molecule has 3 rings (SSSR count). The molecule has 0 spiro atoms. The van der Waals surface area contributed by atoms with Gasteiger partial charge < -0.3 is 14.4 Å². The molecule has 3 heterocycles. The predicted molar refractivity (Wildman–Crippen MR) is 170 cm³/mol. The molecule has 0 aromatic rings. The van der Waals surface area contributed by atoms with E-state index in [1.54, 1.807) is 0 Å². The van der Waals surface area contributed by atoms with Gasteiger partial charge in [-0.2, -0.15) is 0 Å². The molecule has 9 atom stereocenters. The SMILES string of the molecule is CB1C(CC2B(C)N(C)C(C)C2C)C(C)C(C)N1C.CC(C)(C)C.CCCC1B(C)N(C)C(C)C1C. The van der Waals surface area contributed by atoms with Gasteiger partial charge in [0, 0.05) is 0 Å². The van der Waals surface area contributed by atoms with Crippen LogP contribution in [0.15, 0.2) is 0 Å². The molecule has 3 aliphatic heterocycles. The van der Waals surface area contributed by atoms with Crippen molar-refractivity contribution in [3.8, 4) is 0 Å². The van der Waals surface area contributed by atoms with Crippen LogP contribution in [-0.4, -0.2) is 74.2 Å². The fourth-order valence-corrected chi connectivity index (χ4v) is 7.50. The Morgan fingerprint density at radius 3 is 1.00 bits per heavy atom. The van der Waals surface area contributed by atoms with E-state index in [1.807, 2.05) is 0 Å². The first-order chi connectivity index (χ1) is 16.4. The minimum absolute atomic E-state index is 0.500. The summed E-state index contributed by atoms with van der Waals surface area (Å²) in [6, 6.07) is 2.25. The Morgan fingerprint density at radius 1 is 0.556 bits per heavy atom. The van der Waals surface area contributed by atoms with Gasteiger partial charge in [-0.15, -0.1) is 0 Å². The molecular weight excluding hydrogens is 435 g/mol. The Bertz CT molecular complexity index is 563. The largest absolute Gasteiger partial charge is 0.342 e. The van der Waals surface area contributed by atoms with Gasteiger partial charge in [-0.3, -0.25) is 0 Å². The molecule has 36 heavy (non-hydrogen) atoms. The van der Waals surface area contributed by atoms with Crippen molar-refractivity contribution in [3.05, 3.63) is 0 Å². The number of hydrogen-bond acceptors (Lipinski definition) is 3. The van der Waals surface area contributed by atoms with E-state index in [0.29, 0.717) is 5.41 Å². The van der Waals surface area contributed by atoms with Crippen LogP contribution in [0.1, 0.15) is 95.4 Å². The molecule has 0 bridgehead atoms. The lowest BCUT2D eigenvalue weighted by atomic mass is 9.43. The molecule has 0 N–H and O–H groups in total. The van der Waals surface area contributed by atoms with Gasteiger partial charge in [0.1, 0.15) is 0 Å². The van der Waals surface area contributed by atoms with Crippen molar-refractivity contribution in [2.24, 2.45) is 23.2 Å². The number of rotatable bonds is 4. The van der Waals surface area contributed by atoms with Gasteiger partial charge in [-0.05, 0) is 79.9 Å². The Hall–Kier alpha value is 0.0748. The molecule has 0 amide bonds. The summed E-state index contributed by atoms with van der Waals surface area (Å²) in [5.41, 5.74) is 0.500. The Balaban J connectivity index is 0.000000325. The predicted octanol–water partition coefficient (Wildman–Crippen LogP) is 8.10. The average molecular weight is 501 g/mol. The second kappa shape index (κ2) is 13.9. The molecule has 3 fully saturated rings. The van der Waals surface area contributed by atoms with Gasteiger partial charge in [0.05, 0.1) is 0 Å². The third-order valence-electron chi connectivity index (χ3n) is 11.2. The molecule has 9 unspecified atom stereocenters. The highest BCUT2D eigenvalue weighted by molar-refractivity contribution is 6.59. The summed E-state index contributed by atoms with van der Waals surface area (Å²) in [6.07, 6.45) is 4.14.